The first-order valence-electron chi connectivity index (χ1n) is 4.99. The average Bonchev–Trinajstić information content (AvgIpc) is 2.27. The molecule has 4 nitrogen and oxygen atoms in total. The first-order valence-corrected chi connectivity index (χ1v) is 6.15. The summed E-state index contributed by atoms with van der Waals surface area (Å²) in [6, 6.07) is -0.140. The van der Waals surface area contributed by atoms with Crippen molar-refractivity contribution in [3.8, 4) is 5.88 Å². The lowest BCUT2D eigenvalue weighted by molar-refractivity contribution is 0.388. The number of methoxy groups -OCH3 is 1. The summed E-state index contributed by atoms with van der Waals surface area (Å²) in [5.41, 5.74) is 8.03. The van der Waals surface area contributed by atoms with Crippen LogP contribution in [0.3, 0.4) is 0 Å². The predicted molar refractivity (Wildman–Crippen MR) is 61.1 cm³/mol. The van der Waals surface area contributed by atoms with Gasteiger partial charge in [-0.3, -0.25) is 0 Å². The van der Waals surface area contributed by atoms with E-state index in [1.807, 2.05) is 18.7 Å². The van der Waals surface area contributed by atoms with E-state index < -0.39 is 0 Å². The van der Waals surface area contributed by atoms with Gasteiger partial charge in [0, 0.05) is 11.3 Å². The highest BCUT2D eigenvalue weighted by molar-refractivity contribution is 7.98. The van der Waals surface area contributed by atoms with Gasteiger partial charge in [0.1, 0.15) is 5.82 Å². The van der Waals surface area contributed by atoms with Crippen molar-refractivity contribution in [3.63, 3.8) is 0 Å². The molecule has 0 radical (unpaired) electrons. The Labute approximate surface area is 93.6 Å². The van der Waals surface area contributed by atoms with E-state index in [2.05, 4.69) is 9.97 Å². The van der Waals surface area contributed by atoms with Crippen LogP contribution in [0.5, 0.6) is 5.88 Å². The van der Waals surface area contributed by atoms with Crippen LogP contribution in [-0.4, -0.2) is 22.8 Å². The van der Waals surface area contributed by atoms with E-state index in [0.29, 0.717) is 11.7 Å². The van der Waals surface area contributed by atoms with Crippen LogP contribution in [0.1, 0.15) is 30.0 Å². The Bertz CT molecular complexity index is 351. The number of aromatic nitrogens is 2. The number of hydrogen-bond donors (Lipinski definition) is 1. The van der Waals surface area contributed by atoms with Gasteiger partial charge in [-0.1, -0.05) is 0 Å². The second-order valence-electron chi connectivity index (χ2n) is 3.61. The second kappa shape index (κ2) is 4.37. The third-order valence-electron chi connectivity index (χ3n) is 2.40. The number of ether oxygens (including phenoxy) is 1. The Hall–Kier alpha value is -0.810. The molecule has 0 spiro atoms. The summed E-state index contributed by atoms with van der Waals surface area (Å²) >= 11 is 1.89. The molecule has 1 aromatic rings. The number of hydrogen-bond acceptors (Lipinski definition) is 5. The number of nitrogens with zero attached hydrogens (tertiary/aromatic N) is 2. The lowest BCUT2D eigenvalue weighted by Crippen LogP contribution is -2.16. The van der Waals surface area contributed by atoms with Gasteiger partial charge in [0.15, 0.2) is 0 Å². The lowest BCUT2D eigenvalue weighted by atomic mass is 10.2. The maximum atomic E-state index is 5.78. The number of nitrogens with two attached hydrogens (primary N) is 1. The summed E-state index contributed by atoms with van der Waals surface area (Å²) in [5, 5.41) is 0. The summed E-state index contributed by atoms with van der Waals surface area (Å²) in [4.78, 5) is 8.82. The standard InChI is InChI=1S/C10H15N3OS/c1-6(11)9-12-8-3-4-15-5-7(8)10(13-9)14-2/h6H,3-5,11H2,1-2H3. The van der Waals surface area contributed by atoms with Gasteiger partial charge in [-0.25, -0.2) is 4.98 Å². The SMILES string of the molecule is COc1nc(C(C)N)nc2c1CSCC2. The van der Waals surface area contributed by atoms with E-state index in [9.17, 15) is 0 Å². The quantitative estimate of drug-likeness (QED) is 0.822. The van der Waals surface area contributed by atoms with E-state index in [0.717, 1.165) is 29.2 Å². The molecule has 0 aromatic carbocycles. The molecule has 1 unspecified atom stereocenters. The highest BCUT2D eigenvalue weighted by Gasteiger charge is 2.19. The molecule has 1 aliphatic rings. The minimum Gasteiger partial charge on any atom is -0.481 e. The van der Waals surface area contributed by atoms with Crippen molar-refractivity contribution in [2.75, 3.05) is 12.9 Å². The Balaban J connectivity index is 2.48. The zero-order valence-electron chi connectivity index (χ0n) is 8.99. The minimum atomic E-state index is -0.140. The highest BCUT2D eigenvalue weighted by atomic mass is 32.2. The smallest absolute Gasteiger partial charge is 0.220 e. The first-order chi connectivity index (χ1) is 7.22. The maximum absolute atomic E-state index is 5.78. The van der Waals surface area contributed by atoms with E-state index in [-0.39, 0.29) is 6.04 Å². The van der Waals surface area contributed by atoms with E-state index in [1.165, 1.54) is 0 Å². The van der Waals surface area contributed by atoms with Gasteiger partial charge in [-0.2, -0.15) is 16.7 Å². The van der Waals surface area contributed by atoms with E-state index in [1.54, 1.807) is 7.11 Å². The number of aryl methyl sites for hydroxylation is 1. The number of rotatable bonds is 2. The van der Waals surface area contributed by atoms with Crippen LogP contribution in [0.2, 0.25) is 0 Å². The normalized spacial score (nSPS) is 17.0. The zero-order chi connectivity index (χ0) is 10.8. The molecule has 2 heterocycles. The van der Waals surface area contributed by atoms with Crippen LogP contribution >= 0.6 is 11.8 Å². The number of thioether (sulfide) groups is 1. The molecule has 0 bridgehead atoms. The minimum absolute atomic E-state index is 0.140. The maximum Gasteiger partial charge on any atom is 0.220 e. The van der Waals surface area contributed by atoms with Gasteiger partial charge in [-0.05, 0) is 19.1 Å². The molecule has 1 atom stereocenters. The second-order valence-corrected chi connectivity index (χ2v) is 4.71. The molecule has 0 aliphatic carbocycles. The number of fused-ring (bicyclic) bond motifs is 1. The van der Waals surface area contributed by atoms with E-state index >= 15 is 0 Å². The summed E-state index contributed by atoms with van der Waals surface area (Å²) < 4.78 is 5.28. The van der Waals surface area contributed by atoms with Crippen molar-refractivity contribution in [1.29, 1.82) is 0 Å². The molecule has 2 N–H and O–H groups in total. The zero-order valence-corrected chi connectivity index (χ0v) is 9.80. The molecule has 2 rings (SSSR count). The topological polar surface area (TPSA) is 61.0 Å². The van der Waals surface area contributed by atoms with Crippen LogP contribution in [0.25, 0.3) is 0 Å². The monoisotopic (exact) mass is 225 g/mol. The third kappa shape index (κ3) is 2.08. The summed E-state index contributed by atoms with van der Waals surface area (Å²) in [7, 11) is 1.65. The summed E-state index contributed by atoms with van der Waals surface area (Å²) in [6.07, 6.45) is 0.985. The Morgan fingerprint density at radius 1 is 1.47 bits per heavy atom. The molecule has 1 aromatic heterocycles. The van der Waals surface area contributed by atoms with Gasteiger partial charge in [-0.15, -0.1) is 0 Å². The lowest BCUT2D eigenvalue weighted by Gasteiger charge is -2.18. The summed E-state index contributed by atoms with van der Waals surface area (Å²) in [5.74, 6) is 3.43. The largest absolute Gasteiger partial charge is 0.481 e. The Morgan fingerprint density at radius 2 is 2.27 bits per heavy atom. The highest BCUT2D eigenvalue weighted by Crippen LogP contribution is 2.30. The fourth-order valence-electron chi connectivity index (χ4n) is 1.59. The Morgan fingerprint density at radius 3 is 2.93 bits per heavy atom. The van der Waals surface area contributed by atoms with Crippen LogP contribution in [-0.2, 0) is 12.2 Å². The molecule has 82 valence electrons. The van der Waals surface area contributed by atoms with Crippen LogP contribution in [0, 0.1) is 0 Å². The van der Waals surface area contributed by atoms with Crippen molar-refractivity contribution < 1.29 is 4.74 Å². The van der Waals surface area contributed by atoms with Gasteiger partial charge in [0.05, 0.1) is 18.8 Å². The van der Waals surface area contributed by atoms with Gasteiger partial charge in [0.2, 0.25) is 5.88 Å². The molecule has 5 heteroatoms. The van der Waals surface area contributed by atoms with Gasteiger partial charge >= 0.3 is 0 Å². The molecule has 0 saturated carbocycles. The van der Waals surface area contributed by atoms with Gasteiger partial charge in [0.25, 0.3) is 0 Å². The van der Waals surface area contributed by atoms with Crippen LogP contribution in [0.4, 0.5) is 0 Å². The fourth-order valence-corrected chi connectivity index (χ4v) is 2.57. The van der Waals surface area contributed by atoms with Crippen LogP contribution in [0.15, 0.2) is 0 Å². The van der Waals surface area contributed by atoms with Crippen molar-refractivity contribution in [2.24, 2.45) is 5.73 Å². The van der Waals surface area contributed by atoms with Crippen LogP contribution < -0.4 is 10.5 Å². The fraction of sp³-hybridized carbons (Fsp3) is 0.600. The molecule has 0 fully saturated rings. The molecule has 0 amide bonds. The van der Waals surface area contributed by atoms with Crippen molar-refractivity contribution in [1.82, 2.24) is 9.97 Å². The molecular weight excluding hydrogens is 210 g/mol. The third-order valence-corrected chi connectivity index (χ3v) is 3.39. The summed E-state index contributed by atoms with van der Waals surface area (Å²) in [6.45, 7) is 1.89. The van der Waals surface area contributed by atoms with Crippen molar-refractivity contribution in [3.05, 3.63) is 17.1 Å². The molecule has 1 aliphatic heterocycles. The molecular formula is C10H15N3OS. The molecule has 0 saturated heterocycles. The van der Waals surface area contributed by atoms with E-state index in [4.69, 9.17) is 10.5 Å². The van der Waals surface area contributed by atoms with Crippen molar-refractivity contribution >= 4 is 11.8 Å². The van der Waals surface area contributed by atoms with Gasteiger partial charge < -0.3 is 10.5 Å². The molecule has 15 heavy (non-hydrogen) atoms. The van der Waals surface area contributed by atoms with Crippen molar-refractivity contribution in [2.45, 2.75) is 25.1 Å². The average molecular weight is 225 g/mol. The Kier molecular flexibility index (Phi) is 3.11. The predicted octanol–water partition coefficient (Wildman–Crippen LogP) is 1.29. The first kappa shape index (κ1) is 10.7.